The number of hydrogen-bond donors (Lipinski definition) is 0. The lowest BCUT2D eigenvalue weighted by atomic mass is 10.00. The summed E-state index contributed by atoms with van der Waals surface area (Å²) in [5, 5.41) is 0. The van der Waals surface area contributed by atoms with Crippen molar-refractivity contribution in [2.75, 3.05) is 0 Å². The van der Waals surface area contributed by atoms with Crippen LogP contribution < -0.4 is 4.74 Å². The summed E-state index contributed by atoms with van der Waals surface area (Å²) < 4.78 is 5.18. The number of rotatable bonds is 4. The van der Waals surface area contributed by atoms with Gasteiger partial charge in [-0.15, -0.1) is 0 Å². The van der Waals surface area contributed by atoms with Crippen molar-refractivity contribution >= 4 is 6.47 Å². The summed E-state index contributed by atoms with van der Waals surface area (Å²) >= 11 is 0. The van der Waals surface area contributed by atoms with Gasteiger partial charge in [0.2, 0.25) is 0 Å². The van der Waals surface area contributed by atoms with Crippen LogP contribution in [0.4, 0.5) is 0 Å². The summed E-state index contributed by atoms with van der Waals surface area (Å²) in [5.74, 6) is 0.987. The summed E-state index contributed by atoms with van der Waals surface area (Å²) in [6.07, 6.45) is 10.1. The Bertz CT molecular complexity index is 649. The van der Waals surface area contributed by atoms with Crippen LogP contribution >= 0.6 is 0 Å². The van der Waals surface area contributed by atoms with Crippen molar-refractivity contribution in [3.8, 4) is 16.9 Å². The van der Waals surface area contributed by atoms with Gasteiger partial charge in [0.05, 0.1) is 5.69 Å². The molecule has 2 aromatic rings. The Morgan fingerprint density at radius 2 is 1.90 bits per heavy atom. The third-order valence-electron chi connectivity index (χ3n) is 4.01. The lowest BCUT2D eigenvalue weighted by Crippen LogP contribution is -2.02. The van der Waals surface area contributed by atoms with Gasteiger partial charge >= 0.3 is 0 Å². The van der Waals surface area contributed by atoms with E-state index in [1.807, 2.05) is 31.5 Å². The Kier molecular flexibility index (Phi) is 3.95. The lowest BCUT2D eigenvalue weighted by Gasteiger charge is -2.14. The van der Waals surface area contributed by atoms with Crippen molar-refractivity contribution in [1.82, 2.24) is 9.97 Å². The van der Waals surface area contributed by atoms with Crippen LogP contribution in [0.25, 0.3) is 11.1 Å². The van der Waals surface area contributed by atoms with Gasteiger partial charge in [-0.1, -0.05) is 12.8 Å². The minimum absolute atomic E-state index is 0.407. The van der Waals surface area contributed by atoms with Crippen molar-refractivity contribution in [3.63, 3.8) is 0 Å². The van der Waals surface area contributed by atoms with Gasteiger partial charge in [0.25, 0.3) is 6.47 Å². The molecule has 0 aliphatic heterocycles. The predicted molar refractivity (Wildman–Crippen MR) is 80.1 cm³/mol. The van der Waals surface area contributed by atoms with Crippen LogP contribution in [-0.4, -0.2) is 16.4 Å². The molecular formula is C17H18N2O2. The number of pyridine rings is 2. The molecule has 2 aromatic heterocycles. The molecular weight excluding hydrogens is 264 g/mol. The zero-order chi connectivity index (χ0) is 14.7. The Labute approximate surface area is 124 Å². The molecule has 0 bridgehead atoms. The average molecular weight is 282 g/mol. The van der Waals surface area contributed by atoms with Gasteiger partial charge in [-0.25, -0.2) is 0 Å². The highest BCUT2D eigenvalue weighted by molar-refractivity contribution is 5.65. The van der Waals surface area contributed by atoms with Crippen LogP contribution in [0.3, 0.4) is 0 Å². The van der Waals surface area contributed by atoms with E-state index in [1.54, 1.807) is 6.20 Å². The fourth-order valence-corrected chi connectivity index (χ4v) is 2.98. The molecule has 0 saturated heterocycles. The van der Waals surface area contributed by atoms with E-state index >= 15 is 0 Å². The number of aryl methyl sites for hydroxylation is 1. The lowest BCUT2D eigenvalue weighted by molar-refractivity contribution is -0.120. The quantitative estimate of drug-likeness (QED) is 0.803. The van der Waals surface area contributed by atoms with E-state index in [4.69, 9.17) is 4.74 Å². The zero-order valence-corrected chi connectivity index (χ0v) is 12.1. The number of hydrogen-bond acceptors (Lipinski definition) is 4. The molecule has 0 aromatic carbocycles. The van der Waals surface area contributed by atoms with Gasteiger partial charge in [0.1, 0.15) is 0 Å². The molecule has 1 saturated carbocycles. The molecule has 0 amide bonds. The molecule has 0 unspecified atom stereocenters. The summed E-state index contributed by atoms with van der Waals surface area (Å²) in [5.41, 5.74) is 3.90. The van der Waals surface area contributed by atoms with Crippen LogP contribution in [0.2, 0.25) is 0 Å². The van der Waals surface area contributed by atoms with Crippen molar-refractivity contribution in [1.29, 1.82) is 0 Å². The van der Waals surface area contributed by atoms with E-state index in [1.165, 1.54) is 12.8 Å². The third kappa shape index (κ3) is 2.94. The monoisotopic (exact) mass is 282 g/mol. The molecule has 0 atom stereocenters. The van der Waals surface area contributed by atoms with E-state index in [2.05, 4.69) is 9.97 Å². The minimum Gasteiger partial charge on any atom is -0.427 e. The molecule has 1 aliphatic rings. The first-order valence-corrected chi connectivity index (χ1v) is 7.30. The molecule has 0 radical (unpaired) electrons. The standard InChI is InChI=1S/C17H18N2O2/c1-12-6-14(9-18-8-12)15-7-16(21-11-20)17(19-10-15)13-4-2-3-5-13/h6-11,13H,2-5H2,1H3. The smallest absolute Gasteiger partial charge is 0.298 e. The summed E-state index contributed by atoms with van der Waals surface area (Å²) in [7, 11) is 0. The van der Waals surface area contributed by atoms with Gasteiger partial charge < -0.3 is 4.74 Å². The highest BCUT2D eigenvalue weighted by Gasteiger charge is 2.22. The van der Waals surface area contributed by atoms with E-state index < -0.39 is 0 Å². The second-order valence-electron chi connectivity index (χ2n) is 5.55. The molecule has 4 heteroatoms. The minimum atomic E-state index is 0.407. The maximum atomic E-state index is 10.8. The second-order valence-corrected chi connectivity index (χ2v) is 5.55. The largest absolute Gasteiger partial charge is 0.427 e. The molecule has 21 heavy (non-hydrogen) atoms. The SMILES string of the molecule is Cc1cncc(-c2cnc(C3CCCC3)c(OC=O)c2)c1. The Morgan fingerprint density at radius 3 is 2.62 bits per heavy atom. The number of aromatic nitrogens is 2. The Balaban J connectivity index is 2.00. The first-order valence-electron chi connectivity index (χ1n) is 7.30. The first kappa shape index (κ1) is 13.7. The van der Waals surface area contributed by atoms with Crippen molar-refractivity contribution in [2.24, 2.45) is 0 Å². The van der Waals surface area contributed by atoms with Crippen LogP contribution in [-0.2, 0) is 4.79 Å². The molecule has 2 heterocycles. The maximum Gasteiger partial charge on any atom is 0.298 e. The number of carbonyl (C=O) groups excluding carboxylic acids is 1. The Morgan fingerprint density at radius 1 is 1.14 bits per heavy atom. The summed E-state index contributed by atoms with van der Waals surface area (Å²) in [6.45, 7) is 2.48. The van der Waals surface area contributed by atoms with Crippen molar-refractivity contribution < 1.29 is 9.53 Å². The molecule has 0 spiro atoms. The normalized spacial score (nSPS) is 15.1. The first-order chi connectivity index (χ1) is 10.3. The number of ether oxygens (including phenoxy) is 1. The summed E-state index contributed by atoms with van der Waals surface area (Å²) in [4.78, 5) is 19.6. The highest BCUT2D eigenvalue weighted by Crippen LogP contribution is 2.38. The van der Waals surface area contributed by atoms with E-state index in [9.17, 15) is 4.79 Å². The highest BCUT2D eigenvalue weighted by atomic mass is 16.5. The van der Waals surface area contributed by atoms with E-state index in [0.717, 1.165) is 35.2 Å². The molecule has 1 fully saturated rings. The molecule has 1 aliphatic carbocycles. The third-order valence-corrected chi connectivity index (χ3v) is 4.01. The van der Waals surface area contributed by atoms with E-state index in [0.29, 0.717) is 18.1 Å². The maximum absolute atomic E-state index is 10.8. The Hall–Kier alpha value is -2.23. The number of nitrogens with zero attached hydrogens (tertiary/aromatic N) is 2. The fraction of sp³-hybridized carbons (Fsp3) is 0.353. The second kappa shape index (κ2) is 6.04. The number of carbonyl (C=O) groups is 1. The predicted octanol–water partition coefficient (Wildman–Crippen LogP) is 3.64. The van der Waals surface area contributed by atoms with Gasteiger partial charge in [-0.05, 0) is 37.5 Å². The van der Waals surface area contributed by atoms with E-state index in [-0.39, 0.29) is 0 Å². The van der Waals surface area contributed by atoms with Gasteiger partial charge in [0, 0.05) is 35.6 Å². The molecule has 4 nitrogen and oxygen atoms in total. The zero-order valence-electron chi connectivity index (χ0n) is 12.1. The van der Waals surface area contributed by atoms with Gasteiger partial charge in [-0.3, -0.25) is 14.8 Å². The van der Waals surface area contributed by atoms with Crippen LogP contribution in [0.1, 0.15) is 42.9 Å². The van der Waals surface area contributed by atoms with Crippen LogP contribution in [0.15, 0.2) is 30.7 Å². The van der Waals surface area contributed by atoms with Crippen LogP contribution in [0, 0.1) is 6.92 Å². The van der Waals surface area contributed by atoms with Gasteiger partial charge in [-0.2, -0.15) is 0 Å². The average Bonchev–Trinajstić information content (AvgIpc) is 3.01. The van der Waals surface area contributed by atoms with Crippen molar-refractivity contribution in [2.45, 2.75) is 38.5 Å². The molecule has 0 N–H and O–H groups in total. The summed E-state index contributed by atoms with van der Waals surface area (Å²) in [6, 6.07) is 3.94. The molecule has 3 rings (SSSR count). The van der Waals surface area contributed by atoms with Crippen molar-refractivity contribution in [3.05, 3.63) is 42.0 Å². The van der Waals surface area contributed by atoms with Gasteiger partial charge in [0.15, 0.2) is 5.75 Å². The molecule has 108 valence electrons. The topological polar surface area (TPSA) is 52.1 Å². The fourth-order valence-electron chi connectivity index (χ4n) is 2.98. The van der Waals surface area contributed by atoms with Crippen LogP contribution in [0.5, 0.6) is 5.75 Å².